The Morgan fingerprint density at radius 1 is 0.939 bits per heavy atom. The lowest BCUT2D eigenvalue weighted by Gasteiger charge is -2.21. The highest BCUT2D eigenvalue weighted by atomic mass is 16.5. The lowest BCUT2D eigenvalue weighted by atomic mass is 10.1. The number of carbonyl (C=O) groups is 1. The molecule has 0 saturated carbocycles. The van der Waals surface area contributed by atoms with Crippen LogP contribution in [0.1, 0.15) is 16.1 Å². The van der Waals surface area contributed by atoms with E-state index in [0.29, 0.717) is 36.7 Å². The van der Waals surface area contributed by atoms with E-state index in [1.165, 1.54) is 0 Å². The highest BCUT2D eigenvalue weighted by Gasteiger charge is 2.15. The number of benzene rings is 3. The zero-order valence-corrected chi connectivity index (χ0v) is 18.8. The van der Waals surface area contributed by atoms with Gasteiger partial charge in [0.1, 0.15) is 18.1 Å². The number of rotatable bonds is 9. The van der Waals surface area contributed by atoms with Crippen molar-refractivity contribution in [3.05, 3.63) is 96.2 Å². The normalized spacial score (nSPS) is 10.7. The number of para-hydroxylation sites is 3. The minimum absolute atomic E-state index is 0.285. The molecule has 0 unspecified atom stereocenters. The van der Waals surface area contributed by atoms with Gasteiger partial charge in [0, 0.05) is 43.5 Å². The molecule has 0 radical (unpaired) electrons. The first-order valence-corrected chi connectivity index (χ1v) is 10.8. The average molecular weight is 442 g/mol. The van der Waals surface area contributed by atoms with Crippen molar-refractivity contribution in [3.8, 4) is 5.75 Å². The van der Waals surface area contributed by atoms with E-state index in [9.17, 15) is 4.79 Å². The maximum absolute atomic E-state index is 13.2. The van der Waals surface area contributed by atoms with E-state index in [2.05, 4.69) is 27.3 Å². The van der Waals surface area contributed by atoms with Crippen LogP contribution in [0.4, 0.5) is 11.4 Å². The molecule has 0 aliphatic heterocycles. The van der Waals surface area contributed by atoms with Gasteiger partial charge in [0.2, 0.25) is 0 Å². The molecule has 0 saturated heterocycles. The topological polar surface area (TPSA) is 63.7 Å². The Morgan fingerprint density at radius 2 is 1.67 bits per heavy atom. The van der Waals surface area contributed by atoms with E-state index in [-0.39, 0.29) is 5.91 Å². The summed E-state index contributed by atoms with van der Waals surface area (Å²) in [5, 5.41) is 3.89. The fourth-order valence-electron chi connectivity index (χ4n) is 3.61. The third-order valence-corrected chi connectivity index (χ3v) is 5.33. The second-order valence-corrected chi connectivity index (χ2v) is 7.67. The van der Waals surface area contributed by atoms with E-state index in [0.717, 1.165) is 22.3 Å². The first kappa shape index (κ1) is 22.3. The molecule has 33 heavy (non-hydrogen) atoms. The molecule has 0 fully saturated rings. The summed E-state index contributed by atoms with van der Waals surface area (Å²) in [6.45, 7) is 1.50. The molecular formula is C27H27N3O3. The average Bonchev–Trinajstić information content (AvgIpc) is 2.85. The molecule has 1 N–H and O–H groups in total. The van der Waals surface area contributed by atoms with Crippen LogP contribution in [0.2, 0.25) is 0 Å². The first-order chi connectivity index (χ1) is 16.2. The van der Waals surface area contributed by atoms with Crippen molar-refractivity contribution in [1.82, 2.24) is 4.98 Å². The van der Waals surface area contributed by atoms with Gasteiger partial charge < -0.3 is 19.7 Å². The number of fused-ring (bicyclic) bond motifs is 1. The van der Waals surface area contributed by atoms with Crippen molar-refractivity contribution < 1.29 is 14.3 Å². The fraction of sp³-hybridized carbons (Fsp3) is 0.185. The quantitative estimate of drug-likeness (QED) is 0.364. The highest BCUT2D eigenvalue weighted by molar-refractivity contribution is 6.05. The number of aromatic nitrogens is 1. The van der Waals surface area contributed by atoms with Crippen LogP contribution >= 0.6 is 0 Å². The third kappa shape index (κ3) is 5.48. The van der Waals surface area contributed by atoms with Gasteiger partial charge >= 0.3 is 0 Å². The lowest BCUT2D eigenvalue weighted by molar-refractivity contribution is 0.102. The van der Waals surface area contributed by atoms with Crippen LogP contribution in [-0.4, -0.2) is 38.3 Å². The van der Waals surface area contributed by atoms with Crippen molar-refractivity contribution >= 4 is 28.2 Å². The smallest absolute Gasteiger partial charge is 0.274 e. The number of nitrogens with zero attached hydrogens (tertiary/aromatic N) is 2. The Hall–Kier alpha value is -3.90. The van der Waals surface area contributed by atoms with Crippen molar-refractivity contribution in [2.75, 3.05) is 37.6 Å². The van der Waals surface area contributed by atoms with Crippen molar-refractivity contribution in [2.24, 2.45) is 0 Å². The fourth-order valence-corrected chi connectivity index (χ4v) is 3.61. The Balaban J connectivity index is 1.57. The van der Waals surface area contributed by atoms with Gasteiger partial charge in [-0.15, -0.1) is 0 Å². The molecule has 6 nitrogen and oxygen atoms in total. The number of hydrogen-bond acceptors (Lipinski definition) is 5. The SMILES string of the molecule is COCCOc1cc(C(=O)Nc2ccccc2CN(C)c2ccccc2)nc2ccccc12. The van der Waals surface area contributed by atoms with Crippen LogP contribution in [0.25, 0.3) is 10.9 Å². The minimum atomic E-state index is -0.285. The molecule has 1 heterocycles. The van der Waals surface area contributed by atoms with Gasteiger partial charge in [-0.1, -0.05) is 48.5 Å². The predicted octanol–water partition coefficient (Wildman–Crippen LogP) is 5.15. The van der Waals surface area contributed by atoms with E-state index in [4.69, 9.17) is 9.47 Å². The minimum Gasteiger partial charge on any atom is -0.490 e. The summed E-state index contributed by atoms with van der Waals surface area (Å²) in [5.41, 5.74) is 3.87. The molecule has 0 spiro atoms. The lowest BCUT2D eigenvalue weighted by Crippen LogP contribution is -2.20. The summed E-state index contributed by atoms with van der Waals surface area (Å²) in [4.78, 5) is 19.9. The van der Waals surface area contributed by atoms with E-state index in [1.807, 2.05) is 73.8 Å². The first-order valence-electron chi connectivity index (χ1n) is 10.8. The van der Waals surface area contributed by atoms with Crippen LogP contribution < -0.4 is 15.0 Å². The van der Waals surface area contributed by atoms with Crippen LogP contribution in [-0.2, 0) is 11.3 Å². The van der Waals surface area contributed by atoms with Gasteiger partial charge in [-0.05, 0) is 35.9 Å². The van der Waals surface area contributed by atoms with Gasteiger partial charge in [-0.25, -0.2) is 4.98 Å². The summed E-state index contributed by atoms with van der Waals surface area (Å²) in [6.07, 6.45) is 0. The maximum Gasteiger partial charge on any atom is 0.274 e. The zero-order chi connectivity index (χ0) is 23.0. The predicted molar refractivity (Wildman–Crippen MR) is 132 cm³/mol. The molecule has 0 aliphatic rings. The van der Waals surface area contributed by atoms with Crippen LogP contribution in [0, 0.1) is 0 Å². The van der Waals surface area contributed by atoms with Crippen LogP contribution in [0.15, 0.2) is 84.9 Å². The molecule has 168 valence electrons. The van der Waals surface area contributed by atoms with Crippen LogP contribution in [0.5, 0.6) is 5.75 Å². The van der Waals surface area contributed by atoms with Gasteiger partial charge in [0.15, 0.2) is 0 Å². The number of hydrogen-bond donors (Lipinski definition) is 1. The van der Waals surface area contributed by atoms with Crippen LogP contribution in [0.3, 0.4) is 0 Å². The molecule has 0 bridgehead atoms. The van der Waals surface area contributed by atoms with Gasteiger partial charge in [-0.2, -0.15) is 0 Å². The number of anilines is 2. The number of amides is 1. The zero-order valence-electron chi connectivity index (χ0n) is 18.8. The molecule has 6 heteroatoms. The Morgan fingerprint density at radius 3 is 2.48 bits per heavy atom. The second kappa shape index (κ2) is 10.6. The third-order valence-electron chi connectivity index (χ3n) is 5.33. The maximum atomic E-state index is 13.2. The van der Waals surface area contributed by atoms with E-state index < -0.39 is 0 Å². The number of carbonyl (C=O) groups excluding carboxylic acids is 1. The van der Waals surface area contributed by atoms with Gasteiger partial charge in [0.05, 0.1) is 12.1 Å². The largest absolute Gasteiger partial charge is 0.490 e. The highest BCUT2D eigenvalue weighted by Crippen LogP contribution is 2.27. The summed E-state index contributed by atoms with van der Waals surface area (Å²) >= 11 is 0. The number of ether oxygens (including phenoxy) is 2. The number of nitrogens with one attached hydrogen (secondary N) is 1. The van der Waals surface area contributed by atoms with Gasteiger partial charge in [-0.3, -0.25) is 4.79 Å². The van der Waals surface area contributed by atoms with Crippen molar-refractivity contribution in [1.29, 1.82) is 0 Å². The Kier molecular flexibility index (Phi) is 7.17. The molecule has 3 aromatic carbocycles. The summed E-state index contributed by atoms with van der Waals surface area (Å²) in [6, 6.07) is 27.3. The molecule has 0 aliphatic carbocycles. The monoisotopic (exact) mass is 441 g/mol. The molecule has 4 aromatic rings. The summed E-state index contributed by atoms with van der Waals surface area (Å²) in [5.74, 6) is 0.326. The van der Waals surface area contributed by atoms with E-state index >= 15 is 0 Å². The summed E-state index contributed by atoms with van der Waals surface area (Å²) < 4.78 is 11.0. The van der Waals surface area contributed by atoms with E-state index in [1.54, 1.807) is 13.2 Å². The molecule has 0 atom stereocenters. The summed E-state index contributed by atoms with van der Waals surface area (Å²) in [7, 11) is 3.65. The molecule has 1 amide bonds. The molecule has 1 aromatic heterocycles. The Labute approximate surface area is 193 Å². The molecular weight excluding hydrogens is 414 g/mol. The second-order valence-electron chi connectivity index (χ2n) is 7.67. The van der Waals surface area contributed by atoms with Gasteiger partial charge in [0.25, 0.3) is 5.91 Å². The van der Waals surface area contributed by atoms with Crippen molar-refractivity contribution in [2.45, 2.75) is 6.54 Å². The Bertz CT molecular complexity index is 1230. The number of pyridine rings is 1. The molecule has 4 rings (SSSR count). The number of methoxy groups -OCH3 is 1. The van der Waals surface area contributed by atoms with Crippen molar-refractivity contribution in [3.63, 3.8) is 0 Å². The standard InChI is InChI=1S/C27H27N3O3/c1-30(21-11-4-3-5-12-21)19-20-10-6-8-14-23(20)29-27(31)25-18-26(33-17-16-32-2)22-13-7-9-15-24(22)28-25/h3-15,18H,16-17,19H2,1-2H3,(H,29,31).